The van der Waals surface area contributed by atoms with Crippen LogP contribution in [0.3, 0.4) is 0 Å². The fourth-order valence-corrected chi connectivity index (χ4v) is 3.29. The molecule has 1 aromatic rings. The second-order valence-electron chi connectivity index (χ2n) is 8.19. The van der Waals surface area contributed by atoms with E-state index in [9.17, 15) is 5.11 Å². The van der Waals surface area contributed by atoms with Gasteiger partial charge < -0.3 is 5.11 Å². The number of hydrogen-bond donors (Lipinski definition) is 1. The highest BCUT2D eigenvalue weighted by Crippen LogP contribution is 2.45. The van der Waals surface area contributed by atoms with Crippen LogP contribution in [-0.4, -0.2) is 10.7 Å². The van der Waals surface area contributed by atoms with Crippen LogP contribution in [0.2, 0.25) is 0 Å². The number of aliphatic hydroxyl groups is 1. The summed E-state index contributed by atoms with van der Waals surface area (Å²) in [6.45, 7) is 11.2. The summed E-state index contributed by atoms with van der Waals surface area (Å²) in [5, 5.41) is 10.7. The fraction of sp³-hybridized carbons (Fsp3) is 0.667. The SMILES string of the molecule is CC1(C)CCC(O)(Cc2ccc(C(C)(C)C)cc2)C1. The van der Waals surface area contributed by atoms with Gasteiger partial charge in [-0.15, -0.1) is 0 Å². The molecule has 0 heterocycles. The standard InChI is InChI=1S/C18H28O/c1-16(2,3)15-8-6-14(7-9-15)12-18(19)11-10-17(4,5)13-18/h6-9,19H,10-13H2,1-5H3. The lowest BCUT2D eigenvalue weighted by molar-refractivity contribution is 0.0379. The van der Waals surface area contributed by atoms with Crippen LogP contribution >= 0.6 is 0 Å². The first-order valence-corrected chi connectivity index (χ1v) is 7.42. The second-order valence-corrected chi connectivity index (χ2v) is 8.19. The van der Waals surface area contributed by atoms with E-state index in [4.69, 9.17) is 0 Å². The Morgan fingerprint density at radius 3 is 2.05 bits per heavy atom. The molecular weight excluding hydrogens is 232 g/mol. The zero-order valence-electron chi connectivity index (χ0n) is 13.1. The van der Waals surface area contributed by atoms with Gasteiger partial charge in [0.1, 0.15) is 0 Å². The van der Waals surface area contributed by atoms with Gasteiger partial charge in [0.15, 0.2) is 0 Å². The Balaban J connectivity index is 2.08. The van der Waals surface area contributed by atoms with Crippen LogP contribution in [0.25, 0.3) is 0 Å². The van der Waals surface area contributed by atoms with E-state index in [1.807, 2.05) is 0 Å². The van der Waals surface area contributed by atoms with Gasteiger partial charge in [-0.25, -0.2) is 0 Å². The molecule has 1 heteroatoms. The van der Waals surface area contributed by atoms with Gasteiger partial charge in [0.2, 0.25) is 0 Å². The van der Waals surface area contributed by atoms with Crippen molar-refractivity contribution >= 4 is 0 Å². The van der Waals surface area contributed by atoms with Crippen LogP contribution in [0.15, 0.2) is 24.3 Å². The molecule has 1 unspecified atom stereocenters. The Morgan fingerprint density at radius 1 is 1.05 bits per heavy atom. The van der Waals surface area contributed by atoms with E-state index >= 15 is 0 Å². The Morgan fingerprint density at radius 2 is 1.63 bits per heavy atom. The minimum Gasteiger partial charge on any atom is -0.390 e. The van der Waals surface area contributed by atoms with Gasteiger partial charge in [0.25, 0.3) is 0 Å². The molecular formula is C18H28O. The zero-order chi connectivity index (χ0) is 14.3. The van der Waals surface area contributed by atoms with Crippen molar-refractivity contribution < 1.29 is 5.11 Å². The lowest BCUT2D eigenvalue weighted by Crippen LogP contribution is -2.29. The highest BCUT2D eigenvalue weighted by Gasteiger charge is 2.41. The van der Waals surface area contributed by atoms with Gasteiger partial charge >= 0.3 is 0 Å². The van der Waals surface area contributed by atoms with Crippen LogP contribution in [0.1, 0.15) is 65.0 Å². The van der Waals surface area contributed by atoms with E-state index in [1.165, 1.54) is 11.1 Å². The van der Waals surface area contributed by atoms with E-state index in [0.29, 0.717) is 5.41 Å². The average molecular weight is 260 g/mol. The Kier molecular flexibility index (Phi) is 3.55. The molecule has 0 bridgehead atoms. The molecule has 106 valence electrons. The second kappa shape index (κ2) is 4.63. The van der Waals surface area contributed by atoms with Gasteiger partial charge in [-0.3, -0.25) is 0 Å². The molecule has 1 aliphatic carbocycles. The predicted molar refractivity (Wildman–Crippen MR) is 81.4 cm³/mol. The molecule has 0 radical (unpaired) electrons. The third-order valence-corrected chi connectivity index (χ3v) is 4.43. The fourth-order valence-electron chi connectivity index (χ4n) is 3.29. The molecule has 1 N–H and O–H groups in total. The van der Waals surface area contributed by atoms with Gasteiger partial charge in [-0.05, 0) is 41.2 Å². The monoisotopic (exact) mass is 260 g/mol. The summed E-state index contributed by atoms with van der Waals surface area (Å²) in [5.74, 6) is 0. The molecule has 0 aliphatic heterocycles. The quantitative estimate of drug-likeness (QED) is 0.832. The first kappa shape index (κ1) is 14.6. The highest BCUT2D eigenvalue weighted by molar-refractivity contribution is 5.28. The number of rotatable bonds is 2. The normalized spacial score (nSPS) is 26.6. The molecule has 1 aliphatic rings. The lowest BCUT2D eigenvalue weighted by Gasteiger charge is -2.26. The van der Waals surface area contributed by atoms with E-state index in [2.05, 4.69) is 58.9 Å². The largest absolute Gasteiger partial charge is 0.390 e. The van der Waals surface area contributed by atoms with Crippen molar-refractivity contribution in [3.63, 3.8) is 0 Å². The van der Waals surface area contributed by atoms with Gasteiger partial charge in [0, 0.05) is 6.42 Å². The van der Waals surface area contributed by atoms with E-state index in [0.717, 1.165) is 25.7 Å². The van der Waals surface area contributed by atoms with Crippen molar-refractivity contribution in [2.24, 2.45) is 5.41 Å². The van der Waals surface area contributed by atoms with Gasteiger partial charge in [0.05, 0.1) is 5.60 Å². The minimum absolute atomic E-state index is 0.199. The van der Waals surface area contributed by atoms with Crippen LogP contribution < -0.4 is 0 Å². The Labute approximate surface area is 118 Å². The number of hydrogen-bond acceptors (Lipinski definition) is 1. The lowest BCUT2D eigenvalue weighted by atomic mass is 9.84. The maximum absolute atomic E-state index is 10.7. The van der Waals surface area contributed by atoms with Crippen molar-refractivity contribution in [1.29, 1.82) is 0 Å². The summed E-state index contributed by atoms with van der Waals surface area (Å²) in [6.07, 6.45) is 3.77. The smallest absolute Gasteiger partial charge is 0.0693 e. The van der Waals surface area contributed by atoms with Crippen molar-refractivity contribution in [2.45, 2.75) is 71.3 Å². The van der Waals surface area contributed by atoms with Crippen molar-refractivity contribution in [3.8, 4) is 0 Å². The first-order chi connectivity index (χ1) is 8.60. The maximum Gasteiger partial charge on any atom is 0.0693 e. The molecule has 1 fully saturated rings. The summed E-state index contributed by atoms with van der Waals surface area (Å²) in [4.78, 5) is 0. The Hall–Kier alpha value is -0.820. The van der Waals surface area contributed by atoms with E-state index in [1.54, 1.807) is 0 Å². The molecule has 1 atom stereocenters. The van der Waals surface area contributed by atoms with E-state index < -0.39 is 5.60 Å². The number of benzene rings is 1. The van der Waals surface area contributed by atoms with Crippen LogP contribution in [0, 0.1) is 5.41 Å². The molecule has 1 saturated carbocycles. The zero-order valence-corrected chi connectivity index (χ0v) is 13.1. The van der Waals surface area contributed by atoms with Crippen LogP contribution in [0.5, 0.6) is 0 Å². The molecule has 19 heavy (non-hydrogen) atoms. The minimum atomic E-state index is -0.493. The molecule has 0 amide bonds. The van der Waals surface area contributed by atoms with Crippen molar-refractivity contribution in [1.82, 2.24) is 0 Å². The summed E-state index contributed by atoms with van der Waals surface area (Å²) >= 11 is 0. The molecule has 1 aromatic carbocycles. The van der Waals surface area contributed by atoms with Crippen molar-refractivity contribution in [2.75, 3.05) is 0 Å². The van der Waals surface area contributed by atoms with Gasteiger partial charge in [-0.1, -0.05) is 58.9 Å². The molecule has 0 aromatic heterocycles. The first-order valence-electron chi connectivity index (χ1n) is 7.42. The van der Waals surface area contributed by atoms with E-state index in [-0.39, 0.29) is 5.41 Å². The third kappa shape index (κ3) is 3.60. The maximum atomic E-state index is 10.7. The summed E-state index contributed by atoms with van der Waals surface area (Å²) in [7, 11) is 0. The van der Waals surface area contributed by atoms with Gasteiger partial charge in [-0.2, -0.15) is 0 Å². The van der Waals surface area contributed by atoms with Crippen LogP contribution in [-0.2, 0) is 11.8 Å². The van der Waals surface area contributed by atoms with Crippen LogP contribution in [0.4, 0.5) is 0 Å². The summed E-state index contributed by atoms with van der Waals surface area (Å²) in [6, 6.07) is 8.78. The third-order valence-electron chi connectivity index (χ3n) is 4.43. The summed E-state index contributed by atoms with van der Waals surface area (Å²) in [5.41, 5.74) is 2.61. The molecule has 2 rings (SSSR count). The topological polar surface area (TPSA) is 20.2 Å². The molecule has 0 spiro atoms. The predicted octanol–water partition coefficient (Wildman–Crippen LogP) is 4.47. The summed E-state index contributed by atoms with van der Waals surface area (Å²) < 4.78 is 0. The Bertz CT molecular complexity index is 436. The average Bonchev–Trinajstić information content (AvgIpc) is 2.52. The van der Waals surface area contributed by atoms with Crippen molar-refractivity contribution in [3.05, 3.63) is 35.4 Å². The molecule has 0 saturated heterocycles. The molecule has 1 nitrogen and oxygen atoms in total. The highest BCUT2D eigenvalue weighted by atomic mass is 16.3.